The molecule has 0 aromatic heterocycles. The number of benzene rings is 2. The van der Waals surface area contributed by atoms with Crippen LogP contribution < -0.4 is 5.73 Å². The summed E-state index contributed by atoms with van der Waals surface area (Å²) in [4.78, 5) is 2.15. The molecule has 0 aliphatic heterocycles. The standard InChI is InChI=1S/C17H20BrFN2/c1-12(20)17(13-7-5-8-15(19)10-13)21(2)11-14-6-3-4-9-16(14)18/h3-10,12,17H,11,20H2,1-2H3. The fourth-order valence-corrected chi connectivity index (χ4v) is 3.05. The zero-order valence-electron chi connectivity index (χ0n) is 12.3. The third-order valence-corrected chi connectivity index (χ3v) is 4.31. The van der Waals surface area contributed by atoms with Crippen LogP contribution >= 0.6 is 15.9 Å². The van der Waals surface area contributed by atoms with E-state index in [2.05, 4.69) is 26.9 Å². The fraction of sp³-hybridized carbons (Fsp3) is 0.294. The fourth-order valence-electron chi connectivity index (χ4n) is 2.64. The quantitative estimate of drug-likeness (QED) is 0.879. The molecular formula is C17H20BrFN2. The minimum Gasteiger partial charge on any atom is -0.326 e. The molecule has 2 N–H and O–H groups in total. The highest BCUT2D eigenvalue weighted by atomic mass is 79.9. The Morgan fingerprint density at radius 2 is 1.90 bits per heavy atom. The number of hydrogen-bond donors (Lipinski definition) is 1. The molecule has 0 saturated heterocycles. The molecule has 112 valence electrons. The van der Waals surface area contributed by atoms with Crippen LogP contribution in [0, 0.1) is 5.82 Å². The SMILES string of the molecule is CC(N)C(c1cccc(F)c1)N(C)Cc1ccccc1Br. The smallest absolute Gasteiger partial charge is 0.123 e. The number of halogens is 2. The van der Waals surface area contributed by atoms with Gasteiger partial charge in [-0.05, 0) is 43.3 Å². The molecule has 2 aromatic rings. The Labute approximate surface area is 133 Å². The van der Waals surface area contributed by atoms with Crippen LogP contribution in [0.5, 0.6) is 0 Å². The van der Waals surface area contributed by atoms with Crippen molar-refractivity contribution in [3.05, 3.63) is 69.9 Å². The van der Waals surface area contributed by atoms with Crippen molar-refractivity contribution >= 4 is 15.9 Å². The molecule has 2 aromatic carbocycles. The van der Waals surface area contributed by atoms with Crippen molar-refractivity contribution < 1.29 is 4.39 Å². The van der Waals surface area contributed by atoms with Crippen LogP contribution in [0.1, 0.15) is 24.1 Å². The minimum atomic E-state index is -0.229. The van der Waals surface area contributed by atoms with E-state index in [1.165, 1.54) is 11.6 Å². The molecule has 0 radical (unpaired) electrons. The first kappa shape index (κ1) is 16.1. The number of nitrogens with zero attached hydrogens (tertiary/aromatic N) is 1. The molecule has 0 spiro atoms. The van der Waals surface area contributed by atoms with Gasteiger partial charge in [0.05, 0.1) is 0 Å². The largest absolute Gasteiger partial charge is 0.326 e. The highest BCUT2D eigenvalue weighted by Gasteiger charge is 2.22. The van der Waals surface area contributed by atoms with Gasteiger partial charge in [-0.3, -0.25) is 4.90 Å². The predicted octanol–water partition coefficient (Wildman–Crippen LogP) is 4.11. The van der Waals surface area contributed by atoms with Gasteiger partial charge in [-0.15, -0.1) is 0 Å². The summed E-state index contributed by atoms with van der Waals surface area (Å²) >= 11 is 3.56. The van der Waals surface area contributed by atoms with Gasteiger partial charge >= 0.3 is 0 Å². The second-order valence-electron chi connectivity index (χ2n) is 5.37. The monoisotopic (exact) mass is 350 g/mol. The topological polar surface area (TPSA) is 29.3 Å². The summed E-state index contributed by atoms with van der Waals surface area (Å²) in [6, 6.07) is 14.6. The molecule has 0 aliphatic carbocycles. The van der Waals surface area contributed by atoms with E-state index in [9.17, 15) is 4.39 Å². The van der Waals surface area contributed by atoms with E-state index in [4.69, 9.17) is 5.73 Å². The van der Waals surface area contributed by atoms with Crippen molar-refractivity contribution in [3.8, 4) is 0 Å². The molecule has 2 unspecified atom stereocenters. The molecule has 2 rings (SSSR count). The summed E-state index contributed by atoms with van der Waals surface area (Å²) in [5, 5.41) is 0. The van der Waals surface area contributed by atoms with Crippen LogP contribution in [0.25, 0.3) is 0 Å². The van der Waals surface area contributed by atoms with Crippen molar-refractivity contribution in [2.45, 2.75) is 25.6 Å². The molecule has 2 atom stereocenters. The Kier molecular flexibility index (Phi) is 5.51. The zero-order chi connectivity index (χ0) is 15.4. The summed E-state index contributed by atoms with van der Waals surface area (Å²) in [6.07, 6.45) is 0. The lowest BCUT2D eigenvalue weighted by Crippen LogP contribution is -2.37. The maximum absolute atomic E-state index is 13.5. The molecule has 0 amide bonds. The van der Waals surface area contributed by atoms with Gasteiger partial charge in [0.1, 0.15) is 5.82 Å². The molecule has 0 heterocycles. The molecule has 0 aliphatic rings. The van der Waals surface area contributed by atoms with E-state index in [0.29, 0.717) is 0 Å². The number of rotatable bonds is 5. The zero-order valence-corrected chi connectivity index (χ0v) is 13.8. The Morgan fingerprint density at radius 1 is 1.19 bits per heavy atom. The summed E-state index contributed by atoms with van der Waals surface area (Å²) in [5.74, 6) is -0.229. The summed E-state index contributed by atoms with van der Waals surface area (Å²) in [7, 11) is 2.01. The van der Waals surface area contributed by atoms with Crippen molar-refractivity contribution in [1.29, 1.82) is 0 Å². The van der Waals surface area contributed by atoms with Crippen molar-refractivity contribution in [1.82, 2.24) is 4.90 Å². The normalized spacial score (nSPS) is 14.2. The van der Waals surface area contributed by atoms with Crippen molar-refractivity contribution in [2.24, 2.45) is 5.73 Å². The third-order valence-electron chi connectivity index (χ3n) is 3.54. The van der Waals surface area contributed by atoms with Gasteiger partial charge in [0, 0.05) is 23.1 Å². The molecular weight excluding hydrogens is 331 g/mol. The van der Waals surface area contributed by atoms with E-state index in [1.807, 2.05) is 38.2 Å². The molecule has 4 heteroatoms. The number of nitrogens with two attached hydrogens (primary N) is 1. The van der Waals surface area contributed by atoms with Gasteiger partial charge in [-0.1, -0.05) is 46.3 Å². The van der Waals surface area contributed by atoms with Gasteiger partial charge < -0.3 is 5.73 Å². The van der Waals surface area contributed by atoms with E-state index in [1.54, 1.807) is 12.1 Å². The number of likely N-dealkylation sites (N-methyl/N-ethyl adjacent to an activating group) is 1. The van der Waals surface area contributed by atoms with E-state index in [0.717, 1.165) is 16.6 Å². The lowest BCUT2D eigenvalue weighted by Gasteiger charge is -2.31. The van der Waals surface area contributed by atoms with Crippen LogP contribution in [-0.4, -0.2) is 18.0 Å². The van der Waals surface area contributed by atoms with E-state index in [-0.39, 0.29) is 17.9 Å². The lowest BCUT2D eigenvalue weighted by atomic mass is 9.99. The van der Waals surface area contributed by atoms with Gasteiger partial charge in [0.15, 0.2) is 0 Å². The van der Waals surface area contributed by atoms with Gasteiger partial charge in [0.2, 0.25) is 0 Å². The van der Waals surface area contributed by atoms with Gasteiger partial charge in [0.25, 0.3) is 0 Å². The molecule has 0 fully saturated rings. The first-order valence-electron chi connectivity index (χ1n) is 6.93. The molecule has 21 heavy (non-hydrogen) atoms. The average Bonchev–Trinajstić information content (AvgIpc) is 2.41. The van der Waals surface area contributed by atoms with Crippen LogP contribution in [0.4, 0.5) is 4.39 Å². The first-order valence-corrected chi connectivity index (χ1v) is 7.73. The second-order valence-corrected chi connectivity index (χ2v) is 6.22. The highest BCUT2D eigenvalue weighted by molar-refractivity contribution is 9.10. The molecule has 0 bridgehead atoms. The Morgan fingerprint density at radius 3 is 2.52 bits per heavy atom. The Bertz CT molecular complexity index is 601. The first-order chi connectivity index (χ1) is 9.99. The van der Waals surface area contributed by atoms with Gasteiger partial charge in [-0.2, -0.15) is 0 Å². The van der Waals surface area contributed by atoms with Gasteiger partial charge in [-0.25, -0.2) is 4.39 Å². The van der Waals surface area contributed by atoms with Crippen LogP contribution in [0.15, 0.2) is 53.0 Å². The minimum absolute atomic E-state index is 0.0344. The Hall–Kier alpha value is -1.23. The van der Waals surface area contributed by atoms with Crippen LogP contribution in [0.2, 0.25) is 0 Å². The van der Waals surface area contributed by atoms with Crippen LogP contribution in [0.3, 0.4) is 0 Å². The van der Waals surface area contributed by atoms with Crippen molar-refractivity contribution in [3.63, 3.8) is 0 Å². The predicted molar refractivity (Wildman–Crippen MR) is 88.4 cm³/mol. The summed E-state index contributed by atoms with van der Waals surface area (Å²) in [5.41, 5.74) is 8.22. The van der Waals surface area contributed by atoms with Crippen LogP contribution in [-0.2, 0) is 6.54 Å². The maximum Gasteiger partial charge on any atom is 0.123 e. The van der Waals surface area contributed by atoms with E-state index >= 15 is 0 Å². The second kappa shape index (κ2) is 7.16. The number of hydrogen-bond acceptors (Lipinski definition) is 2. The highest BCUT2D eigenvalue weighted by Crippen LogP contribution is 2.26. The van der Waals surface area contributed by atoms with Crippen molar-refractivity contribution in [2.75, 3.05) is 7.05 Å². The maximum atomic E-state index is 13.5. The van der Waals surface area contributed by atoms with E-state index < -0.39 is 0 Å². The third kappa shape index (κ3) is 4.13. The summed E-state index contributed by atoms with van der Waals surface area (Å²) < 4.78 is 14.5. The molecule has 0 saturated carbocycles. The Balaban J connectivity index is 2.24. The lowest BCUT2D eigenvalue weighted by molar-refractivity contribution is 0.210. The average molecular weight is 351 g/mol. The summed E-state index contributed by atoms with van der Waals surface area (Å²) in [6.45, 7) is 2.69. The molecule has 2 nitrogen and oxygen atoms in total.